The molecule has 5 nitrogen and oxygen atoms in total. The van der Waals surface area contributed by atoms with E-state index in [0.717, 1.165) is 4.90 Å². The van der Waals surface area contributed by atoms with Gasteiger partial charge in [-0.15, -0.1) is 0 Å². The van der Waals surface area contributed by atoms with Crippen LogP contribution in [-0.4, -0.2) is 33.8 Å². The summed E-state index contributed by atoms with van der Waals surface area (Å²) in [6.45, 7) is 7.07. The molecule has 0 unspecified atom stereocenters. The molecule has 1 atom stereocenters. The number of rotatable bonds is 4. The van der Waals surface area contributed by atoms with Gasteiger partial charge >= 0.3 is 5.97 Å². The van der Waals surface area contributed by atoms with Gasteiger partial charge in [0, 0.05) is 6.42 Å². The third-order valence-corrected chi connectivity index (χ3v) is 2.95. The Morgan fingerprint density at radius 1 is 1.41 bits per heavy atom. The Labute approximate surface area is 101 Å². The van der Waals surface area contributed by atoms with Crippen molar-refractivity contribution < 1.29 is 19.5 Å². The summed E-state index contributed by atoms with van der Waals surface area (Å²) in [5.74, 6) is -1.76. The van der Waals surface area contributed by atoms with Crippen molar-refractivity contribution in [2.24, 2.45) is 11.3 Å². The minimum absolute atomic E-state index is 0.0910. The van der Waals surface area contributed by atoms with Crippen LogP contribution in [0, 0.1) is 11.3 Å². The molecule has 1 N–H and O–H groups in total. The zero-order valence-electron chi connectivity index (χ0n) is 10.7. The Kier molecular flexibility index (Phi) is 3.59. The van der Waals surface area contributed by atoms with Crippen molar-refractivity contribution in [2.75, 3.05) is 0 Å². The van der Waals surface area contributed by atoms with Gasteiger partial charge in [-0.2, -0.15) is 0 Å². The van der Waals surface area contributed by atoms with Gasteiger partial charge in [0.05, 0.1) is 5.41 Å². The van der Waals surface area contributed by atoms with E-state index in [4.69, 9.17) is 5.11 Å². The smallest absolute Gasteiger partial charge is 0.326 e. The molecule has 0 bridgehead atoms. The minimum atomic E-state index is -1.11. The first-order valence-corrected chi connectivity index (χ1v) is 5.76. The average Bonchev–Trinajstić information content (AvgIpc) is 2.33. The van der Waals surface area contributed by atoms with Crippen molar-refractivity contribution in [3.05, 3.63) is 0 Å². The predicted molar refractivity (Wildman–Crippen MR) is 61.1 cm³/mol. The van der Waals surface area contributed by atoms with Gasteiger partial charge in [-0.25, -0.2) is 4.79 Å². The molecule has 1 rings (SSSR count). The second-order valence-electron chi connectivity index (χ2n) is 5.61. The highest BCUT2D eigenvalue weighted by Gasteiger charge is 2.49. The quantitative estimate of drug-likeness (QED) is 0.752. The number of nitrogens with zero attached hydrogens (tertiary/aromatic N) is 1. The fraction of sp³-hybridized carbons (Fsp3) is 0.750. The van der Waals surface area contributed by atoms with E-state index in [2.05, 4.69) is 0 Å². The zero-order chi connectivity index (χ0) is 13.4. The highest BCUT2D eigenvalue weighted by molar-refractivity contribution is 6.07. The van der Waals surface area contributed by atoms with Crippen LogP contribution in [0.25, 0.3) is 0 Å². The maximum atomic E-state index is 12.0. The van der Waals surface area contributed by atoms with Gasteiger partial charge in [-0.3, -0.25) is 14.5 Å². The number of likely N-dealkylation sites (tertiary alicyclic amines) is 1. The fourth-order valence-corrected chi connectivity index (χ4v) is 2.06. The second kappa shape index (κ2) is 4.47. The van der Waals surface area contributed by atoms with E-state index in [-0.39, 0.29) is 24.2 Å². The molecule has 96 valence electrons. The van der Waals surface area contributed by atoms with E-state index in [9.17, 15) is 14.4 Å². The zero-order valence-corrected chi connectivity index (χ0v) is 10.7. The molecule has 0 aliphatic carbocycles. The van der Waals surface area contributed by atoms with Gasteiger partial charge in [0.1, 0.15) is 6.04 Å². The lowest BCUT2D eigenvalue weighted by molar-refractivity contribution is -0.156. The number of carbonyl (C=O) groups is 3. The summed E-state index contributed by atoms with van der Waals surface area (Å²) in [7, 11) is 0. The number of hydrogen-bond donors (Lipinski definition) is 1. The van der Waals surface area contributed by atoms with E-state index < -0.39 is 17.4 Å². The first-order chi connectivity index (χ1) is 7.66. The van der Waals surface area contributed by atoms with Crippen molar-refractivity contribution >= 4 is 17.8 Å². The first-order valence-electron chi connectivity index (χ1n) is 5.76. The third-order valence-electron chi connectivity index (χ3n) is 2.95. The third kappa shape index (κ3) is 2.65. The van der Waals surface area contributed by atoms with Crippen molar-refractivity contribution in [1.82, 2.24) is 4.90 Å². The minimum Gasteiger partial charge on any atom is -0.480 e. The van der Waals surface area contributed by atoms with Gasteiger partial charge in [0.25, 0.3) is 0 Å². The number of aliphatic carboxylic acids is 1. The van der Waals surface area contributed by atoms with Crippen LogP contribution in [0.4, 0.5) is 0 Å². The molecule has 0 aromatic carbocycles. The SMILES string of the molecule is CC(C)C[C@@H](C(=O)O)N1C(=O)CC(C)(C)C1=O. The van der Waals surface area contributed by atoms with Crippen molar-refractivity contribution in [3.63, 3.8) is 0 Å². The average molecular weight is 241 g/mol. The van der Waals surface area contributed by atoms with Gasteiger partial charge in [-0.1, -0.05) is 27.7 Å². The number of amides is 2. The van der Waals surface area contributed by atoms with Gasteiger partial charge in [0.15, 0.2) is 0 Å². The molecule has 1 heterocycles. The molecule has 0 aromatic rings. The highest BCUT2D eigenvalue weighted by atomic mass is 16.4. The molecule has 0 saturated carbocycles. The largest absolute Gasteiger partial charge is 0.480 e. The summed E-state index contributed by atoms with van der Waals surface area (Å²) in [6.07, 6.45) is 0.386. The monoisotopic (exact) mass is 241 g/mol. The molecule has 2 amide bonds. The lowest BCUT2D eigenvalue weighted by Crippen LogP contribution is -2.46. The van der Waals surface area contributed by atoms with Crippen LogP contribution >= 0.6 is 0 Å². The second-order valence-corrected chi connectivity index (χ2v) is 5.61. The Morgan fingerprint density at radius 2 is 1.94 bits per heavy atom. The molecular formula is C12H19NO4. The lowest BCUT2D eigenvalue weighted by Gasteiger charge is -2.25. The van der Waals surface area contributed by atoms with Crippen LogP contribution in [0.2, 0.25) is 0 Å². The summed E-state index contributed by atoms with van der Waals surface area (Å²) in [5.41, 5.74) is -0.776. The molecule has 1 fully saturated rings. The van der Waals surface area contributed by atoms with Gasteiger partial charge < -0.3 is 5.11 Å². The first kappa shape index (κ1) is 13.7. The molecule has 0 radical (unpaired) electrons. The number of imide groups is 1. The van der Waals surface area contributed by atoms with Crippen LogP contribution in [0.3, 0.4) is 0 Å². The van der Waals surface area contributed by atoms with E-state index in [1.807, 2.05) is 13.8 Å². The van der Waals surface area contributed by atoms with Crippen LogP contribution in [0.15, 0.2) is 0 Å². The number of carbonyl (C=O) groups excluding carboxylic acids is 2. The Hall–Kier alpha value is -1.39. The summed E-state index contributed by atoms with van der Waals surface area (Å²) in [5, 5.41) is 9.14. The maximum Gasteiger partial charge on any atom is 0.326 e. The maximum absolute atomic E-state index is 12.0. The summed E-state index contributed by atoms with van der Waals surface area (Å²) in [4.78, 5) is 35.9. The van der Waals surface area contributed by atoms with E-state index in [1.165, 1.54) is 0 Å². The molecule has 1 aliphatic heterocycles. The van der Waals surface area contributed by atoms with Crippen LogP contribution in [0.5, 0.6) is 0 Å². The standard InChI is InChI=1S/C12H19NO4/c1-7(2)5-8(10(15)16)13-9(14)6-12(3,4)11(13)17/h7-8H,5-6H2,1-4H3,(H,15,16)/t8-/m0/s1. The summed E-state index contributed by atoms with van der Waals surface area (Å²) < 4.78 is 0. The van der Waals surface area contributed by atoms with Crippen molar-refractivity contribution in [2.45, 2.75) is 46.6 Å². The highest BCUT2D eigenvalue weighted by Crippen LogP contribution is 2.34. The molecular weight excluding hydrogens is 222 g/mol. The molecule has 5 heteroatoms. The molecule has 0 spiro atoms. The normalized spacial score (nSPS) is 21.1. The number of carboxylic acids is 1. The van der Waals surface area contributed by atoms with Crippen LogP contribution in [-0.2, 0) is 14.4 Å². The van der Waals surface area contributed by atoms with Gasteiger partial charge in [-0.05, 0) is 12.3 Å². The molecule has 1 saturated heterocycles. The summed E-state index contributed by atoms with van der Waals surface area (Å²) >= 11 is 0. The molecule has 1 aliphatic rings. The Bertz CT molecular complexity index is 360. The van der Waals surface area contributed by atoms with E-state index in [0.29, 0.717) is 6.42 Å². The van der Waals surface area contributed by atoms with Crippen LogP contribution in [0.1, 0.15) is 40.5 Å². The topological polar surface area (TPSA) is 74.7 Å². The lowest BCUT2D eigenvalue weighted by atomic mass is 9.92. The fourth-order valence-electron chi connectivity index (χ4n) is 2.06. The van der Waals surface area contributed by atoms with Gasteiger partial charge in [0.2, 0.25) is 11.8 Å². The Balaban J connectivity index is 3.00. The van der Waals surface area contributed by atoms with Crippen molar-refractivity contribution in [1.29, 1.82) is 0 Å². The number of carboxylic acid groups (broad SMARTS) is 1. The Morgan fingerprint density at radius 3 is 2.24 bits per heavy atom. The summed E-state index contributed by atoms with van der Waals surface area (Å²) in [6, 6.07) is -1.03. The van der Waals surface area contributed by atoms with Crippen molar-refractivity contribution in [3.8, 4) is 0 Å². The van der Waals surface area contributed by atoms with E-state index >= 15 is 0 Å². The van der Waals surface area contributed by atoms with E-state index in [1.54, 1.807) is 13.8 Å². The molecule has 0 aromatic heterocycles. The van der Waals surface area contributed by atoms with Crippen LogP contribution < -0.4 is 0 Å². The number of hydrogen-bond acceptors (Lipinski definition) is 3. The molecule has 17 heavy (non-hydrogen) atoms. The predicted octanol–water partition coefficient (Wildman–Crippen LogP) is 1.27.